The summed E-state index contributed by atoms with van der Waals surface area (Å²) < 4.78 is 17.9. The highest BCUT2D eigenvalue weighted by Crippen LogP contribution is 2.39. The maximum absolute atomic E-state index is 12.8. The number of carbonyl (C=O) groups is 1. The molecule has 0 aliphatic carbocycles. The molecule has 30 heavy (non-hydrogen) atoms. The zero-order valence-corrected chi connectivity index (χ0v) is 17.4. The number of nitrogens with zero attached hydrogens (tertiary/aromatic N) is 1. The largest absolute Gasteiger partial charge is 0.493 e. The fourth-order valence-corrected chi connectivity index (χ4v) is 3.84. The van der Waals surface area contributed by atoms with Crippen LogP contribution in [0.1, 0.15) is 15.9 Å². The molecule has 4 aromatic rings. The van der Waals surface area contributed by atoms with Crippen molar-refractivity contribution in [2.75, 3.05) is 19.5 Å². The zero-order chi connectivity index (χ0) is 20.9. The van der Waals surface area contributed by atoms with Crippen LogP contribution in [0.5, 0.6) is 17.2 Å². The van der Waals surface area contributed by atoms with E-state index in [2.05, 4.69) is 10.3 Å². The molecule has 0 saturated carbocycles. The Morgan fingerprint density at radius 2 is 1.63 bits per heavy atom. The van der Waals surface area contributed by atoms with Gasteiger partial charge in [0.15, 0.2) is 16.6 Å². The summed E-state index contributed by atoms with van der Waals surface area (Å²) in [4.78, 5) is 17.3. The van der Waals surface area contributed by atoms with E-state index in [9.17, 15) is 4.79 Å². The van der Waals surface area contributed by atoms with E-state index in [-0.39, 0.29) is 5.91 Å². The Morgan fingerprint density at radius 1 is 0.967 bits per heavy atom. The molecule has 0 aliphatic heterocycles. The number of amides is 1. The number of aromatic nitrogens is 1. The van der Waals surface area contributed by atoms with Crippen LogP contribution in [0.2, 0.25) is 0 Å². The van der Waals surface area contributed by atoms with Crippen molar-refractivity contribution in [1.82, 2.24) is 4.98 Å². The average Bonchev–Trinajstić information content (AvgIpc) is 3.20. The van der Waals surface area contributed by atoms with Crippen LogP contribution in [0.4, 0.5) is 5.13 Å². The number of hydrogen-bond acceptors (Lipinski definition) is 6. The number of carbonyl (C=O) groups excluding carboxylic acids is 1. The van der Waals surface area contributed by atoms with Gasteiger partial charge in [-0.1, -0.05) is 53.8 Å². The fraction of sp³-hybridized carbons (Fsp3) is 0.130. The number of nitrogens with one attached hydrogen (secondary N) is 1. The fourth-order valence-electron chi connectivity index (χ4n) is 2.98. The first-order valence-corrected chi connectivity index (χ1v) is 10.1. The van der Waals surface area contributed by atoms with Crippen molar-refractivity contribution in [2.24, 2.45) is 0 Å². The predicted octanol–water partition coefficient (Wildman–Crippen LogP) is 5.14. The number of ether oxygens (including phenoxy) is 3. The number of methoxy groups -OCH3 is 2. The van der Waals surface area contributed by atoms with Gasteiger partial charge in [0.2, 0.25) is 5.75 Å². The van der Waals surface area contributed by atoms with Crippen molar-refractivity contribution in [3.63, 3.8) is 0 Å². The predicted molar refractivity (Wildman–Crippen MR) is 118 cm³/mol. The lowest BCUT2D eigenvalue weighted by molar-refractivity contribution is 0.102. The van der Waals surface area contributed by atoms with Crippen molar-refractivity contribution in [1.29, 1.82) is 0 Å². The number of hydrogen-bond donors (Lipinski definition) is 1. The number of anilines is 1. The molecular weight excluding hydrogens is 400 g/mol. The SMILES string of the molecule is COc1cc(C(=O)Nc2nc3ccccc3s2)cc(OC)c1OCc1ccccc1. The molecule has 0 fully saturated rings. The van der Waals surface area contributed by atoms with Crippen molar-refractivity contribution in [3.05, 3.63) is 77.9 Å². The number of fused-ring (bicyclic) bond motifs is 1. The molecule has 3 aromatic carbocycles. The molecule has 4 rings (SSSR count). The third-order valence-corrected chi connectivity index (χ3v) is 5.41. The Labute approximate surface area is 178 Å². The van der Waals surface area contributed by atoms with Gasteiger partial charge in [-0.2, -0.15) is 0 Å². The summed E-state index contributed by atoms with van der Waals surface area (Å²) in [7, 11) is 3.05. The maximum Gasteiger partial charge on any atom is 0.257 e. The van der Waals surface area contributed by atoms with Gasteiger partial charge in [0.25, 0.3) is 5.91 Å². The van der Waals surface area contributed by atoms with E-state index in [1.165, 1.54) is 25.6 Å². The van der Waals surface area contributed by atoms with E-state index in [1.54, 1.807) is 12.1 Å². The van der Waals surface area contributed by atoms with Crippen LogP contribution in [0.25, 0.3) is 10.2 Å². The van der Waals surface area contributed by atoms with Gasteiger partial charge in [-0.05, 0) is 29.8 Å². The summed E-state index contributed by atoms with van der Waals surface area (Å²) in [6.07, 6.45) is 0. The molecular formula is C23H20N2O4S. The summed E-state index contributed by atoms with van der Waals surface area (Å²) in [6.45, 7) is 0.352. The zero-order valence-electron chi connectivity index (χ0n) is 16.5. The molecule has 0 radical (unpaired) electrons. The molecule has 6 nitrogen and oxygen atoms in total. The molecule has 1 aromatic heterocycles. The van der Waals surface area contributed by atoms with Gasteiger partial charge in [0, 0.05) is 5.56 Å². The normalized spacial score (nSPS) is 10.6. The number of benzene rings is 3. The van der Waals surface area contributed by atoms with Gasteiger partial charge in [-0.3, -0.25) is 10.1 Å². The Hall–Kier alpha value is -3.58. The van der Waals surface area contributed by atoms with Gasteiger partial charge in [0.05, 0.1) is 24.4 Å². The van der Waals surface area contributed by atoms with Crippen molar-refractivity contribution in [3.8, 4) is 17.2 Å². The van der Waals surface area contributed by atoms with Crippen LogP contribution in [-0.2, 0) is 6.61 Å². The lowest BCUT2D eigenvalue weighted by atomic mass is 10.1. The molecule has 0 saturated heterocycles. The van der Waals surface area contributed by atoms with Crippen LogP contribution in [-0.4, -0.2) is 25.1 Å². The van der Waals surface area contributed by atoms with Gasteiger partial charge in [0.1, 0.15) is 6.61 Å². The van der Waals surface area contributed by atoms with E-state index in [0.717, 1.165) is 15.8 Å². The Balaban J connectivity index is 1.57. The number of rotatable bonds is 7. The minimum atomic E-state index is -0.305. The second-order valence-corrected chi connectivity index (χ2v) is 7.46. The van der Waals surface area contributed by atoms with Gasteiger partial charge in [-0.25, -0.2) is 4.98 Å². The van der Waals surface area contributed by atoms with Crippen molar-refractivity contribution in [2.45, 2.75) is 6.61 Å². The molecule has 1 N–H and O–H groups in total. The minimum absolute atomic E-state index is 0.305. The molecule has 0 unspecified atom stereocenters. The molecule has 1 heterocycles. The van der Waals surface area contributed by atoms with E-state index < -0.39 is 0 Å². The van der Waals surface area contributed by atoms with Crippen molar-refractivity contribution < 1.29 is 19.0 Å². The minimum Gasteiger partial charge on any atom is -0.493 e. The standard InChI is InChI=1S/C23H20N2O4S/c1-27-18-12-16(22(26)25-23-24-17-10-6-7-11-20(17)30-23)13-19(28-2)21(18)29-14-15-8-4-3-5-9-15/h3-13H,14H2,1-2H3,(H,24,25,26). The van der Waals surface area contributed by atoms with Crippen LogP contribution in [0, 0.1) is 0 Å². The first kappa shape index (κ1) is 19.7. The van der Waals surface area contributed by atoms with Gasteiger partial charge in [-0.15, -0.1) is 0 Å². The highest BCUT2D eigenvalue weighted by molar-refractivity contribution is 7.22. The second-order valence-electron chi connectivity index (χ2n) is 6.43. The summed E-state index contributed by atoms with van der Waals surface area (Å²) in [5, 5.41) is 3.38. The van der Waals surface area contributed by atoms with Gasteiger partial charge >= 0.3 is 0 Å². The Kier molecular flexibility index (Phi) is 5.81. The first-order valence-electron chi connectivity index (χ1n) is 9.27. The molecule has 152 valence electrons. The molecule has 0 aliphatic rings. The molecule has 1 amide bonds. The quantitative estimate of drug-likeness (QED) is 0.448. The lowest BCUT2D eigenvalue weighted by Crippen LogP contribution is -2.12. The smallest absolute Gasteiger partial charge is 0.257 e. The van der Waals surface area contributed by atoms with E-state index in [1.807, 2.05) is 54.6 Å². The monoisotopic (exact) mass is 420 g/mol. The lowest BCUT2D eigenvalue weighted by Gasteiger charge is -2.16. The first-order chi connectivity index (χ1) is 14.7. The highest BCUT2D eigenvalue weighted by Gasteiger charge is 2.19. The molecule has 0 bridgehead atoms. The number of para-hydroxylation sites is 1. The van der Waals surface area contributed by atoms with E-state index in [4.69, 9.17) is 14.2 Å². The summed E-state index contributed by atoms with van der Waals surface area (Å²) in [5.74, 6) is 0.972. The summed E-state index contributed by atoms with van der Waals surface area (Å²) in [6, 6.07) is 20.8. The van der Waals surface area contributed by atoms with E-state index >= 15 is 0 Å². The molecule has 0 spiro atoms. The van der Waals surface area contributed by atoms with Gasteiger partial charge < -0.3 is 14.2 Å². The average molecular weight is 420 g/mol. The van der Waals surface area contributed by atoms with E-state index in [0.29, 0.717) is 34.6 Å². The molecule has 7 heteroatoms. The summed E-state index contributed by atoms with van der Waals surface area (Å²) >= 11 is 1.42. The number of thiazole rings is 1. The van der Waals surface area contributed by atoms with Crippen molar-refractivity contribution >= 4 is 32.6 Å². The summed E-state index contributed by atoms with van der Waals surface area (Å²) in [5.41, 5.74) is 2.24. The van der Waals surface area contributed by atoms with Crippen LogP contribution in [0.3, 0.4) is 0 Å². The maximum atomic E-state index is 12.8. The molecule has 0 atom stereocenters. The third-order valence-electron chi connectivity index (χ3n) is 4.46. The third kappa shape index (κ3) is 4.21. The second kappa shape index (κ2) is 8.84. The van der Waals surface area contributed by atoms with Crippen LogP contribution in [0.15, 0.2) is 66.7 Å². The highest BCUT2D eigenvalue weighted by atomic mass is 32.1. The Bertz CT molecular complexity index is 1120. The van der Waals surface area contributed by atoms with Crippen LogP contribution < -0.4 is 19.5 Å². The topological polar surface area (TPSA) is 69.7 Å². The van der Waals surface area contributed by atoms with Crippen LogP contribution >= 0.6 is 11.3 Å². The Morgan fingerprint density at radius 3 is 2.30 bits per heavy atom.